The Morgan fingerprint density at radius 1 is 1.14 bits per heavy atom. The molecule has 1 rings (SSSR count). The van der Waals surface area contributed by atoms with Gasteiger partial charge < -0.3 is 20.3 Å². The van der Waals surface area contributed by atoms with Gasteiger partial charge in [-0.3, -0.25) is 4.79 Å². The summed E-state index contributed by atoms with van der Waals surface area (Å²) in [6.07, 6.45) is -1.08. The molecule has 0 spiro atoms. The summed E-state index contributed by atoms with van der Waals surface area (Å²) in [7, 11) is 0. The van der Waals surface area contributed by atoms with Crippen LogP contribution >= 0.6 is 0 Å². The number of carboxylic acids is 2. The molecule has 0 fully saturated rings. The molecule has 0 aromatic heterocycles. The Kier molecular flexibility index (Phi) is 5.50. The van der Waals surface area contributed by atoms with Crippen molar-refractivity contribution in [1.82, 2.24) is 5.32 Å². The molecule has 0 unspecified atom stereocenters. The molecule has 7 heteroatoms. The molecule has 1 aromatic carbocycles. The Morgan fingerprint density at radius 2 is 1.68 bits per heavy atom. The lowest BCUT2D eigenvalue weighted by Gasteiger charge is -2.23. The second kappa shape index (κ2) is 6.93. The lowest BCUT2D eigenvalue weighted by molar-refractivity contribution is -0.137. The fourth-order valence-corrected chi connectivity index (χ4v) is 1.73. The van der Waals surface area contributed by atoms with Crippen molar-refractivity contribution in [3.63, 3.8) is 0 Å². The number of aliphatic carboxylic acids is 1. The largest absolute Gasteiger partial charge is 0.481 e. The molecule has 0 radical (unpaired) electrons. The molecule has 0 aliphatic heterocycles. The molecule has 0 bridgehead atoms. The van der Waals surface area contributed by atoms with E-state index in [1.54, 1.807) is 20.8 Å². The fourth-order valence-electron chi connectivity index (χ4n) is 1.73. The number of nitrogens with one attached hydrogen (secondary N) is 1. The van der Waals surface area contributed by atoms with E-state index < -0.39 is 29.7 Å². The molecular formula is C15H19NO6. The van der Waals surface area contributed by atoms with E-state index in [0.29, 0.717) is 5.56 Å². The average molecular weight is 309 g/mol. The maximum Gasteiger partial charge on any atom is 0.408 e. The molecule has 22 heavy (non-hydrogen) atoms. The first-order chi connectivity index (χ1) is 10.1. The minimum absolute atomic E-state index is 0.0788. The van der Waals surface area contributed by atoms with Gasteiger partial charge in [-0.05, 0) is 38.5 Å². The molecule has 1 amide bonds. The summed E-state index contributed by atoms with van der Waals surface area (Å²) < 4.78 is 5.10. The number of hydrogen-bond acceptors (Lipinski definition) is 4. The highest BCUT2D eigenvalue weighted by Crippen LogP contribution is 2.19. The third-order valence-corrected chi connectivity index (χ3v) is 2.63. The molecule has 0 aliphatic carbocycles. The van der Waals surface area contributed by atoms with E-state index in [0.717, 1.165) is 0 Å². The Bertz CT molecular complexity index is 558. The van der Waals surface area contributed by atoms with E-state index in [1.165, 1.54) is 24.3 Å². The molecule has 3 N–H and O–H groups in total. The van der Waals surface area contributed by atoms with Gasteiger partial charge in [0.2, 0.25) is 0 Å². The molecule has 1 aromatic rings. The molecule has 1 atom stereocenters. The van der Waals surface area contributed by atoms with Crippen molar-refractivity contribution in [3.8, 4) is 0 Å². The van der Waals surface area contributed by atoms with Gasteiger partial charge in [0.15, 0.2) is 0 Å². The van der Waals surface area contributed by atoms with Gasteiger partial charge in [-0.2, -0.15) is 0 Å². The number of alkyl carbamates (subject to hydrolysis) is 1. The van der Waals surface area contributed by atoms with Crippen molar-refractivity contribution in [2.45, 2.75) is 38.8 Å². The minimum Gasteiger partial charge on any atom is -0.481 e. The van der Waals surface area contributed by atoms with Crippen LogP contribution < -0.4 is 5.32 Å². The smallest absolute Gasteiger partial charge is 0.408 e. The van der Waals surface area contributed by atoms with Crippen LogP contribution in [0.15, 0.2) is 24.3 Å². The van der Waals surface area contributed by atoms with Crippen molar-refractivity contribution in [2.24, 2.45) is 0 Å². The number of rotatable bonds is 5. The van der Waals surface area contributed by atoms with E-state index in [4.69, 9.17) is 14.9 Å². The van der Waals surface area contributed by atoms with E-state index in [9.17, 15) is 14.4 Å². The number of ether oxygens (including phenoxy) is 1. The highest BCUT2D eigenvalue weighted by molar-refractivity contribution is 5.87. The fraction of sp³-hybridized carbons (Fsp3) is 0.400. The zero-order valence-electron chi connectivity index (χ0n) is 12.6. The van der Waals surface area contributed by atoms with Gasteiger partial charge in [0.05, 0.1) is 18.0 Å². The summed E-state index contributed by atoms with van der Waals surface area (Å²) in [6.45, 7) is 5.08. The predicted molar refractivity (Wildman–Crippen MR) is 77.8 cm³/mol. The van der Waals surface area contributed by atoms with Crippen LogP contribution in [-0.2, 0) is 9.53 Å². The van der Waals surface area contributed by atoms with Gasteiger partial charge in [0, 0.05) is 0 Å². The second-order valence-electron chi connectivity index (χ2n) is 5.72. The predicted octanol–water partition coefficient (Wildman–Crippen LogP) is 2.43. The topological polar surface area (TPSA) is 113 Å². The van der Waals surface area contributed by atoms with Gasteiger partial charge in [-0.15, -0.1) is 0 Å². The van der Waals surface area contributed by atoms with Crippen molar-refractivity contribution >= 4 is 18.0 Å². The standard InChI is InChI=1S/C15H19NO6/c1-15(2,3)22-14(21)16-11(8-12(17)18)9-4-6-10(7-5-9)13(19)20/h4-7,11H,8H2,1-3H3,(H,16,21)(H,17,18)(H,19,20)/t11-/m1/s1. The third-order valence-electron chi connectivity index (χ3n) is 2.63. The third kappa shape index (κ3) is 5.82. The molecule has 0 aliphatic rings. The maximum atomic E-state index is 11.8. The van der Waals surface area contributed by atoms with Crippen molar-refractivity contribution in [2.75, 3.05) is 0 Å². The summed E-state index contributed by atoms with van der Waals surface area (Å²) in [5, 5.41) is 20.3. The van der Waals surface area contributed by atoms with Gasteiger partial charge in [-0.25, -0.2) is 9.59 Å². The number of aromatic carboxylic acids is 1. The Balaban J connectivity index is 2.90. The zero-order valence-corrected chi connectivity index (χ0v) is 12.6. The monoisotopic (exact) mass is 309 g/mol. The van der Waals surface area contributed by atoms with Crippen LogP contribution in [0.1, 0.15) is 49.2 Å². The van der Waals surface area contributed by atoms with E-state index in [1.807, 2.05) is 0 Å². The van der Waals surface area contributed by atoms with Crippen LogP contribution in [0.25, 0.3) is 0 Å². The van der Waals surface area contributed by atoms with Crippen molar-refractivity contribution < 1.29 is 29.3 Å². The number of carboxylic acid groups (broad SMARTS) is 2. The van der Waals surface area contributed by atoms with Gasteiger partial charge >= 0.3 is 18.0 Å². The number of benzene rings is 1. The summed E-state index contributed by atoms with van der Waals surface area (Å²) in [5.74, 6) is -2.18. The van der Waals surface area contributed by atoms with Gasteiger partial charge in [0.25, 0.3) is 0 Å². The van der Waals surface area contributed by atoms with Gasteiger partial charge in [-0.1, -0.05) is 12.1 Å². The summed E-state index contributed by atoms with van der Waals surface area (Å²) in [6, 6.07) is 4.82. The normalized spacial score (nSPS) is 12.3. The van der Waals surface area contributed by atoms with Crippen LogP contribution in [0.5, 0.6) is 0 Å². The van der Waals surface area contributed by atoms with Crippen LogP contribution in [0, 0.1) is 0 Å². The molecule has 0 saturated carbocycles. The van der Waals surface area contributed by atoms with Crippen molar-refractivity contribution in [3.05, 3.63) is 35.4 Å². The first kappa shape index (κ1) is 17.5. The lowest BCUT2D eigenvalue weighted by Crippen LogP contribution is -2.35. The first-order valence-electron chi connectivity index (χ1n) is 6.63. The quantitative estimate of drug-likeness (QED) is 0.770. The summed E-state index contributed by atoms with van der Waals surface area (Å²) >= 11 is 0. The van der Waals surface area contributed by atoms with Crippen molar-refractivity contribution in [1.29, 1.82) is 0 Å². The minimum atomic E-state index is -1.09. The Hall–Kier alpha value is -2.57. The summed E-state index contributed by atoms with van der Waals surface area (Å²) in [5.41, 5.74) is -0.140. The number of amides is 1. The SMILES string of the molecule is CC(C)(C)OC(=O)N[C@H](CC(=O)O)c1ccc(C(=O)O)cc1. The van der Waals surface area contributed by atoms with Crippen LogP contribution in [0.2, 0.25) is 0 Å². The molecule has 0 saturated heterocycles. The Morgan fingerprint density at radius 3 is 2.09 bits per heavy atom. The molecule has 7 nitrogen and oxygen atoms in total. The van der Waals surface area contributed by atoms with E-state index in [-0.39, 0.29) is 12.0 Å². The summed E-state index contributed by atoms with van der Waals surface area (Å²) in [4.78, 5) is 33.5. The van der Waals surface area contributed by atoms with Crippen LogP contribution in [0.3, 0.4) is 0 Å². The Labute approximate surface area is 127 Å². The number of carbonyl (C=O) groups excluding carboxylic acids is 1. The van der Waals surface area contributed by atoms with Gasteiger partial charge in [0.1, 0.15) is 5.60 Å². The number of carbonyl (C=O) groups is 3. The zero-order chi connectivity index (χ0) is 16.9. The average Bonchev–Trinajstić information content (AvgIpc) is 2.35. The number of hydrogen-bond donors (Lipinski definition) is 3. The van der Waals surface area contributed by atoms with Crippen LogP contribution in [-0.4, -0.2) is 33.8 Å². The molecule has 0 heterocycles. The van der Waals surface area contributed by atoms with E-state index in [2.05, 4.69) is 5.32 Å². The second-order valence-corrected chi connectivity index (χ2v) is 5.72. The van der Waals surface area contributed by atoms with E-state index >= 15 is 0 Å². The highest BCUT2D eigenvalue weighted by Gasteiger charge is 2.22. The highest BCUT2D eigenvalue weighted by atomic mass is 16.6. The van der Waals surface area contributed by atoms with Crippen LogP contribution in [0.4, 0.5) is 4.79 Å². The molecular weight excluding hydrogens is 290 g/mol. The molecule has 120 valence electrons. The first-order valence-corrected chi connectivity index (χ1v) is 6.63. The maximum absolute atomic E-state index is 11.8. The lowest BCUT2D eigenvalue weighted by atomic mass is 10.0.